The van der Waals surface area contributed by atoms with Crippen molar-refractivity contribution >= 4 is 12.4 Å². The van der Waals surface area contributed by atoms with Gasteiger partial charge in [-0.15, -0.1) is 12.4 Å². The van der Waals surface area contributed by atoms with E-state index in [2.05, 4.69) is 20.1 Å². The highest BCUT2D eigenvalue weighted by molar-refractivity contribution is 5.85. The highest BCUT2D eigenvalue weighted by atomic mass is 35.5. The first-order valence-electron chi connectivity index (χ1n) is 6.24. The normalized spacial score (nSPS) is 15.8. The zero-order valence-corrected chi connectivity index (χ0v) is 12.5. The average molecular weight is 314 g/mol. The van der Waals surface area contributed by atoms with E-state index in [1.165, 1.54) is 20.5 Å². The second-order valence-electron chi connectivity index (χ2n) is 4.70. The lowest BCUT2D eigenvalue weighted by Crippen LogP contribution is -2.44. The molecule has 1 aliphatic rings. The SMILES string of the molecule is COc1ncnc(OC)c1-c1nc(C2(N)CCC2)no1.Cl. The summed E-state index contributed by atoms with van der Waals surface area (Å²) in [6.45, 7) is 0. The van der Waals surface area contributed by atoms with Gasteiger partial charge in [-0.25, -0.2) is 9.97 Å². The zero-order chi connectivity index (χ0) is 14.2. The van der Waals surface area contributed by atoms with E-state index in [1.54, 1.807) is 0 Å². The molecular weight excluding hydrogens is 298 g/mol. The highest BCUT2D eigenvalue weighted by Gasteiger charge is 2.39. The summed E-state index contributed by atoms with van der Waals surface area (Å²) in [6.07, 6.45) is 4.12. The van der Waals surface area contributed by atoms with Crippen molar-refractivity contribution in [2.24, 2.45) is 5.73 Å². The Balaban J connectivity index is 0.00000161. The fraction of sp³-hybridized carbons (Fsp3) is 0.500. The van der Waals surface area contributed by atoms with Gasteiger partial charge in [-0.1, -0.05) is 5.16 Å². The van der Waals surface area contributed by atoms with Gasteiger partial charge in [0.15, 0.2) is 11.4 Å². The van der Waals surface area contributed by atoms with Crippen molar-refractivity contribution in [2.75, 3.05) is 14.2 Å². The topological polar surface area (TPSA) is 109 Å². The highest BCUT2D eigenvalue weighted by Crippen LogP contribution is 2.39. The lowest BCUT2D eigenvalue weighted by molar-refractivity contribution is 0.229. The van der Waals surface area contributed by atoms with E-state index < -0.39 is 5.54 Å². The molecule has 1 saturated carbocycles. The lowest BCUT2D eigenvalue weighted by Gasteiger charge is -2.34. The minimum Gasteiger partial charge on any atom is -0.480 e. The Morgan fingerprint density at radius 3 is 2.29 bits per heavy atom. The molecule has 1 aliphatic carbocycles. The predicted octanol–water partition coefficient (Wildman–Crippen LogP) is 1.30. The van der Waals surface area contributed by atoms with Crippen LogP contribution in [-0.2, 0) is 5.54 Å². The molecule has 0 aromatic carbocycles. The van der Waals surface area contributed by atoms with Crippen LogP contribution in [0.15, 0.2) is 10.9 Å². The van der Waals surface area contributed by atoms with Gasteiger partial charge in [-0.05, 0) is 19.3 Å². The monoisotopic (exact) mass is 313 g/mol. The lowest BCUT2D eigenvalue weighted by atomic mass is 9.77. The van der Waals surface area contributed by atoms with E-state index in [4.69, 9.17) is 19.7 Å². The molecule has 0 bridgehead atoms. The van der Waals surface area contributed by atoms with Crippen molar-refractivity contribution in [1.29, 1.82) is 0 Å². The largest absolute Gasteiger partial charge is 0.480 e. The van der Waals surface area contributed by atoms with E-state index >= 15 is 0 Å². The minimum atomic E-state index is -0.488. The summed E-state index contributed by atoms with van der Waals surface area (Å²) in [4.78, 5) is 12.4. The Morgan fingerprint density at radius 1 is 1.19 bits per heavy atom. The van der Waals surface area contributed by atoms with Gasteiger partial charge in [-0.3, -0.25) is 0 Å². The average Bonchev–Trinajstić information content (AvgIpc) is 2.93. The molecule has 1 fully saturated rings. The second-order valence-corrected chi connectivity index (χ2v) is 4.70. The summed E-state index contributed by atoms with van der Waals surface area (Å²) in [6, 6.07) is 0. The number of ether oxygens (including phenoxy) is 2. The van der Waals surface area contributed by atoms with Gasteiger partial charge >= 0.3 is 0 Å². The maximum Gasteiger partial charge on any atom is 0.269 e. The molecule has 8 nitrogen and oxygen atoms in total. The maximum atomic E-state index is 6.18. The molecule has 2 N–H and O–H groups in total. The van der Waals surface area contributed by atoms with E-state index in [0.29, 0.717) is 23.1 Å². The number of rotatable bonds is 4. The van der Waals surface area contributed by atoms with E-state index in [1.807, 2.05) is 0 Å². The Morgan fingerprint density at radius 2 is 1.81 bits per heavy atom. The number of hydrogen-bond acceptors (Lipinski definition) is 8. The summed E-state index contributed by atoms with van der Waals surface area (Å²) < 4.78 is 15.7. The van der Waals surface area contributed by atoms with Crippen molar-refractivity contribution < 1.29 is 14.0 Å². The van der Waals surface area contributed by atoms with E-state index in [0.717, 1.165) is 19.3 Å². The van der Waals surface area contributed by atoms with Crippen LogP contribution in [0.4, 0.5) is 0 Å². The summed E-state index contributed by atoms with van der Waals surface area (Å²) in [5, 5.41) is 3.96. The van der Waals surface area contributed by atoms with Crippen LogP contribution < -0.4 is 15.2 Å². The minimum absolute atomic E-state index is 0. The third-order valence-electron chi connectivity index (χ3n) is 3.50. The molecule has 9 heteroatoms. The molecule has 0 amide bonds. The quantitative estimate of drug-likeness (QED) is 0.899. The van der Waals surface area contributed by atoms with E-state index in [-0.39, 0.29) is 18.3 Å². The molecule has 2 aromatic heterocycles. The van der Waals surface area contributed by atoms with Crippen LogP contribution in [0.3, 0.4) is 0 Å². The fourth-order valence-corrected chi connectivity index (χ4v) is 2.16. The van der Waals surface area contributed by atoms with Crippen molar-refractivity contribution in [1.82, 2.24) is 20.1 Å². The van der Waals surface area contributed by atoms with Gasteiger partial charge in [0, 0.05) is 0 Å². The van der Waals surface area contributed by atoms with Crippen LogP contribution in [0.1, 0.15) is 25.1 Å². The third-order valence-corrected chi connectivity index (χ3v) is 3.50. The van der Waals surface area contributed by atoms with Crippen LogP contribution in [0.25, 0.3) is 11.5 Å². The molecule has 3 rings (SSSR count). The van der Waals surface area contributed by atoms with Crippen molar-refractivity contribution in [3.8, 4) is 23.2 Å². The van der Waals surface area contributed by atoms with Gasteiger partial charge in [0.1, 0.15) is 6.33 Å². The van der Waals surface area contributed by atoms with Crippen LogP contribution in [0, 0.1) is 0 Å². The first kappa shape index (κ1) is 15.5. The fourth-order valence-electron chi connectivity index (χ4n) is 2.16. The summed E-state index contributed by atoms with van der Waals surface area (Å²) in [5.74, 6) is 1.36. The summed E-state index contributed by atoms with van der Waals surface area (Å²) in [5.41, 5.74) is 6.12. The van der Waals surface area contributed by atoms with Crippen LogP contribution >= 0.6 is 12.4 Å². The smallest absolute Gasteiger partial charge is 0.269 e. The number of nitrogens with zero attached hydrogens (tertiary/aromatic N) is 4. The first-order chi connectivity index (χ1) is 9.68. The third kappa shape index (κ3) is 2.52. The molecule has 114 valence electrons. The summed E-state index contributed by atoms with van der Waals surface area (Å²) in [7, 11) is 3.00. The molecule has 0 radical (unpaired) electrons. The number of aromatic nitrogens is 4. The van der Waals surface area contributed by atoms with Crippen LogP contribution in [-0.4, -0.2) is 34.3 Å². The number of hydrogen-bond donors (Lipinski definition) is 1. The Hall–Kier alpha value is -1.93. The molecule has 2 aromatic rings. The molecular formula is C12H16ClN5O3. The zero-order valence-electron chi connectivity index (χ0n) is 11.7. The van der Waals surface area contributed by atoms with Gasteiger partial charge in [0.2, 0.25) is 11.8 Å². The van der Waals surface area contributed by atoms with Crippen LogP contribution in [0.2, 0.25) is 0 Å². The van der Waals surface area contributed by atoms with Gasteiger partial charge < -0.3 is 19.7 Å². The molecule has 2 heterocycles. The van der Waals surface area contributed by atoms with Gasteiger partial charge in [0.05, 0.1) is 19.8 Å². The number of halogens is 1. The van der Waals surface area contributed by atoms with Crippen LogP contribution in [0.5, 0.6) is 11.8 Å². The summed E-state index contributed by atoms with van der Waals surface area (Å²) >= 11 is 0. The molecule has 0 saturated heterocycles. The first-order valence-corrected chi connectivity index (χ1v) is 6.24. The van der Waals surface area contributed by atoms with Gasteiger partial charge in [-0.2, -0.15) is 4.98 Å². The predicted molar refractivity (Wildman–Crippen MR) is 75.4 cm³/mol. The Bertz CT molecular complexity index is 607. The van der Waals surface area contributed by atoms with Crippen molar-refractivity contribution in [3.63, 3.8) is 0 Å². The maximum absolute atomic E-state index is 6.18. The Kier molecular flexibility index (Phi) is 4.29. The van der Waals surface area contributed by atoms with Crippen molar-refractivity contribution in [2.45, 2.75) is 24.8 Å². The standard InChI is InChI=1S/C12H15N5O3.ClH/c1-18-8-7(9(19-2)15-6-14-8)10-16-11(17-20-10)12(13)4-3-5-12;/h6H,3-5,13H2,1-2H3;1H. The molecule has 0 unspecified atom stereocenters. The number of nitrogens with two attached hydrogens (primary N) is 1. The Labute approximate surface area is 127 Å². The van der Waals surface area contributed by atoms with E-state index in [9.17, 15) is 0 Å². The molecule has 21 heavy (non-hydrogen) atoms. The van der Waals surface area contributed by atoms with Crippen molar-refractivity contribution in [3.05, 3.63) is 12.2 Å². The second kappa shape index (κ2) is 5.82. The molecule has 0 atom stereocenters. The molecule has 0 spiro atoms. The number of methoxy groups -OCH3 is 2. The van der Waals surface area contributed by atoms with Gasteiger partial charge in [0.25, 0.3) is 5.89 Å². The molecule has 0 aliphatic heterocycles.